The predicted molar refractivity (Wildman–Crippen MR) is 128 cm³/mol. The predicted octanol–water partition coefficient (Wildman–Crippen LogP) is 5.32. The number of nitrogens with zero attached hydrogens (tertiary/aromatic N) is 4. The highest BCUT2D eigenvalue weighted by Crippen LogP contribution is 2.27. The van der Waals surface area contributed by atoms with Crippen molar-refractivity contribution in [3.63, 3.8) is 0 Å². The molecule has 0 amide bonds. The van der Waals surface area contributed by atoms with E-state index in [1.165, 1.54) is 28.0 Å². The maximum absolute atomic E-state index is 13.2. The molecular formula is C24H22N4OS2. The van der Waals surface area contributed by atoms with Crippen LogP contribution in [0.15, 0.2) is 69.9 Å². The van der Waals surface area contributed by atoms with Crippen molar-refractivity contribution in [1.29, 1.82) is 0 Å². The molecule has 31 heavy (non-hydrogen) atoms. The van der Waals surface area contributed by atoms with Gasteiger partial charge in [0.2, 0.25) is 5.78 Å². The van der Waals surface area contributed by atoms with Crippen molar-refractivity contribution in [2.45, 2.75) is 37.7 Å². The molecule has 0 unspecified atom stereocenters. The highest BCUT2D eigenvalue weighted by atomic mass is 32.2. The van der Waals surface area contributed by atoms with Gasteiger partial charge in [0.05, 0.1) is 12.1 Å². The van der Waals surface area contributed by atoms with Crippen LogP contribution in [0.3, 0.4) is 0 Å². The van der Waals surface area contributed by atoms with Crippen LogP contribution >= 0.6 is 23.1 Å². The lowest BCUT2D eigenvalue weighted by Crippen LogP contribution is -2.23. The van der Waals surface area contributed by atoms with Gasteiger partial charge in [0.15, 0.2) is 5.16 Å². The molecule has 0 aliphatic carbocycles. The molecule has 5 aromatic rings. The van der Waals surface area contributed by atoms with Crippen molar-refractivity contribution in [3.05, 3.63) is 92.6 Å². The van der Waals surface area contributed by atoms with Crippen LogP contribution < -0.4 is 5.56 Å². The van der Waals surface area contributed by atoms with E-state index in [4.69, 9.17) is 0 Å². The van der Waals surface area contributed by atoms with Gasteiger partial charge in [-0.3, -0.25) is 13.8 Å². The second kappa shape index (κ2) is 8.32. The van der Waals surface area contributed by atoms with Gasteiger partial charge in [0, 0.05) is 5.75 Å². The summed E-state index contributed by atoms with van der Waals surface area (Å²) in [6.07, 6.45) is 0.997. The molecule has 0 saturated heterocycles. The van der Waals surface area contributed by atoms with Crippen LogP contribution in [0.25, 0.3) is 16.0 Å². The fraction of sp³-hybridized carbons (Fsp3) is 0.208. The zero-order chi connectivity index (χ0) is 21.4. The van der Waals surface area contributed by atoms with Crippen LogP contribution in [0, 0.1) is 6.92 Å². The smallest absolute Gasteiger partial charge is 0.271 e. The van der Waals surface area contributed by atoms with Crippen molar-refractivity contribution < 1.29 is 0 Å². The van der Waals surface area contributed by atoms with Gasteiger partial charge in [-0.1, -0.05) is 72.8 Å². The number of thioether (sulfide) groups is 1. The Morgan fingerprint density at radius 1 is 1.00 bits per heavy atom. The average molecular weight is 447 g/mol. The number of fused-ring (bicyclic) bond motifs is 3. The quantitative estimate of drug-likeness (QED) is 0.331. The van der Waals surface area contributed by atoms with Crippen molar-refractivity contribution >= 4 is 39.1 Å². The van der Waals surface area contributed by atoms with Gasteiger partial charge in [-0.2, -0.15) is 0 Å². The molecule has 3 heterocycles. The third-order valence-electron chi connectivity index (χ3n) is 5.40. The maximum atomic E-state index is 13.2. The Morgan fingerprint density at radius 2 is 1.81 bits per heavy atom. The number of benzene rings is 2. The fourth-order valence-electron chi connectivity index (χ4n) is 3.75. The van der Waals surface area contributed by atoms with Crippen LogP contribution in [-0.4, -0.2) is 19.2 Å². The topological polar surface area (TPSA) is 52.2 Å². The minimum Gasteiger partial charge on any atom is -0.271 e. The van der Waals surface area contributed by atoms with E-state index in [0.717, 1.165) is 33.1 Å². The number of aryl methyl sites for hydroxylation is 2. The molecular weight excluding hydrogens is 424 g/mol. The molecule has 0 bridgehead atoms. The molecule has 0 aliphatic heterocycles. The van der Waals surface area contributed by atoms with Crippen molar-refractivity contribution in [1.82, 2.24) is 19.2 Å². The molecule has 3 aromatic heterocycles. The van der Waals surface area contributed by atoms with E-state index in [1.807, 2.05) is 15.8 Å². The number of rotatable bonds is 6. The molecule has 0 fully saturated rings. The number of aromatic nitrogens is 4. The summed E-state index contributed by atoms with van der Waals surface area (Å²) in [4.78, 5) is 13.2. The Morgan fingerprint density at radius 3 is 2.58 bits per heavy atom. The van der Waals surface area contributed by atoms with Crippen molar-refractivity contribution in [2.75, 3.05) is 0 Å². The number of hydrogen-bond donors (Lipinski definition) is 0. The van der Waals surface area contributed by atoms with Gasteiger partial charge >= 0.3 is 0 Å². The minimum atomic E-state index is -0.0142. The Labute approximate surface area is 188 Å². The number of hydrogen-bond acceptors (Lipinski definition) is 5. The molecule has 0 saturated carbocycles. The lowest BCUT2D eigenvalue weighted by molar-refractivity contribution is 0.765. The molecule has 156 valence electrons. The summed E-state index contributed by atoms with van der Waals surface area (Å²) in [7, 11) is 0. The first-order valence-corrected chi connectivity index (χ1v) is 12.1. The molecule has 7 heteroatoms. The van der Waals surface area contributed by atoms with Crippen LogP contribution in [0.2, 0.25) is 0 Å². The third-order valence-corrected chi connectivity index (χ3v) is 7.30. The summed E-state index contributed by atoms with van der Waals surface area (Å²) < 4.78 is 4.49. The normalized spacial score (nSPS) is 11.5. The minimum absolute atomic E-state index is 0.0142. The SMILES string of the molecule is CCc1ccc(Cn2c(=O)c3sccc3n3c(SCc4cccc(C)c4)nnc23)cc1. The van der Waals surface area contributed by atoms with Crippen molar-refractivity contribution in [2.24, 2.45) is 0 Å². The van der Waals surface area contributed by atoms with Crippen LogP contribution in [0.5, 0.6) is 0 Å². The zero-order valence-electron chi connectivity index (χ0n) is 17.4. The Bertz CT molecular complexity index is 1430. The van der Waals surface area contributed by atoms with Crippen molar-refractivity contribution in [3.8, 4) is 0 Å². The lowest BCUT2D eigenvalue weighted by Gasteiger charge is -2.10. The second-order valence-corrected chi connectivity index (χ2v) is 9.45. The van der Waals surface area contributed by atoms with E-state index in [9.17, 15) is 4.79 Å². The highest BCUT2D eigenvalue weighted by molar-refractivity contribution is 7.98. The first-order chi connectivity index (χ1) is 15.1. The van der Waals surface area contributed by atoms with Gasteiger partial charge in [0.1, 0.15) is 4.70 Å². The maximum Gasteiger partial charge on any atom is 0.273 e. The average Bonchev–Trinajstić information content (AvgIpc) is 3.43. The van der Waals surface area contributed by atoms with Gasteiger partial charge < -0.3 is 0 Å². The summed E-state index contributed by atoms with van der Waals surface area (Å²) in [6, 6.07) is 18.9. The Balaban J connectivity index is 1.57. The third kappa shape index (κ3) is 3.79. The molecule has 0 aliphatic rings. The summed E-state index contributed by atoms with van der Waals surface area (Å²) >= 11 is 3.11. The molecule has 0 atom stereocenters. The highest BCUT2D eigenvalue weighted by Gasteiger charge is 2.18. The van der Waals surface area contributed by atoms with E-state index in [0.29, 0.717) is 12.3 Å². The summed E-state index contributed by atoms with van der Waals surface area (Å²) in [5, 5.41) is 11.6. The van der Waals surface area contributed by atoms with Crippen LogP contribution in [0.4, 0.5) is 0 Å². The Kier molecular flexibility index (Phi) is 5.38. The fourth-order valence-corrected chi connectivity index (χ4v) is 5.46. The second-order valence-electron chi connectivity index (χ2n) is 7.59. The van der Waals surface area contributed by atoms with Crippen LogP contribution in [0.1, 0.15) is 29.2 Å². The first-order valence-electron chi connectivity index (χ1n) is 10.3. The van der Waals surface area contributed by atoms with E-state index < -0.39 is 0 Å². The zero-order valence-corrected chi connectivity index (χ0v) is 19.0. The van der Waals surface area contributed by atoms with E-state index in [2.05, 4.69) is 72.6 Å². The van der Waals surface area contributed by atoms with E-state index in [1.54, 1.807) is 16.3 Å². The van der Waals surface area contributed by atoms with Gasteiger partial charge in [-0.15, -0.1) is 21.5 Å². The molecule has 5 rings (SSSR count). The van der Waals surface area contributed by atoms with E-state index in [-0.39, 0.29) is 5.56 Å². The number of thiophene rings is 1. The van der Waals surface area contributed by atoms with E-state index >= 15 is 0 Å². The standard InChI is InChI=1S/C24H22N4OS2/c1-3-17-7-9-18(10-8-17)14-27-22(29)21-20(11-12-30-21)28-23(27)25-26-24(28)31-15-19-6-4-5-16(2)13-19/h4-13H,3,14-15H2,1-2H3. The molecule has 0 spiro atoms. The molecule has 0 radical (unpaired) electrons. The van der Waals surface area contributed by atoms with Gasteiger partial charge in [-0.05, 0) is 41.5 Å². The summed E-state index contributed by atoms with van der Waals surface area (Å²) in [6.45, 7) is 4.71. The monoisotopic (exact) mass is 446 g/mol. The lowest BCUT2D eigenvalue weighted by atomic mass is 10.1. The summed E-state index contributed by atoms with van der Waals surface area (Å²) in [5.41, 5.74) is 5.71. The first kappa shape index (κ1) is 20.0. The molecule has 0 N–H and O–H groups in total. The van der Waals surface area contributed by atoms with Gasteiger partial charge in [0.25, 0.3) is 5.56 Å². The molecule has 2 aromatic carbocycles. The Hall–Kier alpha value is -2.90. The van der Waals surface area contributed by atoms with Crippen LogP contribution in [-0.2, 0) is 18.7 Å². The molecule has 5 nitrogen and oxygen atoms in total. The summed E-state index contributed by atoms with van der Waals surface area (Å²) in [5.74, 6) is 1.38. The van der Waals surface area contributed by atoms with Gasteiger partial charge in [-0.25, -0.2) is 0 Å². The largest absolute Gasteiger partial charge is 0.273 e.